The third kappa shape index (κ3) is 5.52. The zero-order valence-corrected chi connectivity index (χ0v) is 19.2. The number of carbonyl (C=O) groups is 1. The lowest BCUT2D eigenvalue weighted by atomic mass is 10.1. The Morgan fingerprint density at radius 2 is 1.82 bits per heavy atom. The highest BCUT2D eigenvalue weighted by Gasteiger charge is 2.34. The molecule has 2 aromatic carbocycles. The van der Waals surface area contributed by atoms with Crippen LogP contribution in [-0.4, -0.2) is 64.9 Å². The fourth-order valence-electron chi connectivity index (χ4n) is 3.66. The van der Waals surface area contributed by atoms with Gasteiger partial charge in [0.2, 0.25) is 15.9 Å². The molecule has 0 saturated carbocycles. The summed E-state index contributed by atoms with van der Waals surface area (Å²) in [5, 5.41) is 2.63. The lowest BCUT2D eigenvalue weighted by molar-refractivity contribution is -0.119. The van der Waals surface area contributed by atoms with Gasteiger partial charge in [0, 0.05) is 13.1 Å². The van der Waals surface area contributed by atoms with Crippen molar-refractivity contribution in [3.63, 3.8) is 0 Å². The van der Waals surface area contributed by atoms with Gasteiger partial charge in [0.25, 0.3) is 0 Å². The van der Waals surface area contributed by atoms with Gasteiger partial charge in [0.15, 0.2) is 15.6 Å². The first-order chi connectivity index (χ1) is 15.6. The number of rotatable bonds is 6. The average molecular weight is 499 g/mol. The Labute approximate surface area is 191 Å². The molecule has 4 rings (SSSR count). The van der Waals surface area contributed by atoms with E-state index in [2.05, 4.69) is 5.32 Å². The number of halogens is 1. The van der Waals surface area contributed by atoms with Crippen molar-refractivity contribution < 1.29 is 35.5 Å². The maximum absolute atomic E-state index is 13.2. The predicted octanol–water partition coefficient (Wildman–Crippen LogP) is 2.01. The smallest absolute Gasteiger partial charge is 0.243 e. The first kappa shape index (κ1) is 23.6. The third-order valence-electron chi connectivity index (χ3n) is 5.46. The van der Waals surface area contributed by atoms with Crippen molar-refractivity contribution in [1.29, 1.82) is 0 Å². The summed E-state index contributed by atoms with van der Waals surface area (Å²) in [6, 6.07) is 9.23. The Morgan fingerprint density at radius 1 is 1.12 bits per heavy atom. The van der Waals surface area contributed by atoms with Gasteiger partial charge in [-0.1, -0.05) is 0 Å². The van der Waals surface area contributed by atoms with Crippen molar-refractivity contribution in [2.24, 2.45) is 5.92 Å². The largest absolute Gasteiger partial charge is 0.455 e. The summed E-state index contributed by atoms with van der Waals surface area (Å²) in [6.45, 7) is 0.977. The molecule has 33 heavy (non-hydrogen) atoms. The van der Waals surface area contributed by atoms with Crippen LogP contribution < -0.4 is 10.1 Å². The first-order valence-corrected chi connectivity index (χ1v) is 13.6. The van der Waals surface area contributed by atoms with Crippen molar-refractivity contribution in [2.75, 3.05) is 43.1 Å². The number of morpholine rings is 1. The van der Waals surface area contributed by atoms with Crippen molar-refractivity contribution in [3.05, 3.63) is 48.3 Å². The predicted molar refractivity (Wildman–Crippen MR) is 118 cm³/mol. The molecule has 0 aromatic heterocycles. The molecule has 2 aromatic rings. The molecule has 2 fully saturated rings. The Hall–Kier alpha value is -2.54. The van der Waals surface area contributed by atoms with Gasteiger partial charge in [0.05, 0.1) is 41.2 Å². The van der Waals surface area contributed by atoms with Crippen LogP contribution in [-0.2, 0) is 29.4 Å². The van der Waals surface area contributed by atoms with E-state index in [0.29, 0.717) is 0 Å². The summed E-state index contributed by atoms with van der Waals surface area (Å²) < 4.78 is 75.2. The highest BCUT2D eigenvalue weighted by atomic mass is 32.2. The van der Waals surface area contributed by atoms with E-state index in [0.717, 1.165) is 0 Å². The first-order valence-electron chi connectivity index (χ1n) is 10.3. The van der Waals surface area contributed by atoms with Crippen LogP contribution in [0.1, 0.15) is 6.42 Å². The molecule has 2 saturated heterocycles. The minimum absolute atomic E-state index is 0.0507. The normalized spacial score (nSPS) is 20.9. The molecular formula is C21H23FN2O7S2. The molecule has 2 heterocycles. The van der Waals surface area contributed by atoms with Crippen LogP contribution >= 0.6 is 0 Å². The van der Waals surface area contributed by atoms with Gasteiger partial charge < -0.3 is 14.8 Å². The molecule has 0 spiro atoms. The number of nitrogens with zero attached hydrogens (tertiary/aromatic N) is 1. The Morgan fingerprint density at radius 3 is 2.45 bits per heavy atom. The minimum atomic E-state index is -3.85. The van der Waals surface area contributed by atoms with Gasteiger partial charge in [-0.3, -0.25) is 4.79 Å². The van der Waals surface area contributed by atoms with Crippen molar-refractivity contribution in [1.82, 2.24) is 4.31 Å². The maximum atomic E-state index is 13.2. The lowest BCUT2D eigenvalue weighted by Crippen LogP contribution is -2.40. The molecule has 1 amide bonds. The monoisotopic (exact) mass is 498 g/mol. The number of hydrogen-bond acceptors (Lipinski definition) is 7. The van der Waals surface area contributed by atoms with Crippen LogP contribution in [0.3, 0.4) is 0 Å². The van der Waals surface area contributed by atoms with E-state index in [1.165, 1.54) is 46.8 Å². The van der Waals surface area contributed by atoms with E-state index in [-0.39, 0.29) is 66.3 Å². The van der Waals surface area contributed by atoms with Crippen molar-refractivity contribution in [2.45, 2.75) is 11.3 Å². The quantitative estimate of drug-likeness (QED) is 0.647. The number of nitrogens with one attached hydrogen (secondary N) is 1. The summed E-state index contributed by atoms with van der Waals surface area (Å²) >= 11 is 0. The second-order valence-corrected chi connectivity index (χ2v) is 12.0. The summed E-state index contributed by atoms with van der Waals surface area (Å²) in [5.74, 6) is -1.66. The van der Waals surface area contributed by atoms with Gasteiger partial charge in [-0.15, -0.1) is 0 Å². The Bertz CT molecular complexity index is 1240. The molecular weight excluding hydrogens is 475 g/mol. The van der Waals surface area contributed by atoms with Crippen molar-refractivity contribution in [3.8, 4) is 11.5 Å². The molecule has 2 aliphatic heterocycles. The van der Waals surface area contributed by atoms with Gasteiger partial charge in [-0.25, -0.2) is 21.2 Å². The number of carbonyl (C=O) groups excluding carboxylic acids is 1. The van der Waals surface area contributed by atoms with E-state index >= 15 is 0 Å². The number of sulfone groups is 1. The second-order valence-electron chi connectivity index (χ2n) is 7.82. The summed E-state index contributed by atoms with van der Waals surface area (Å²) in [6.07, 6.45) is 0.189. The molecule has 9 nitrogen and oxygen atoms in total. The summed E-state index contributed by atoms with van der Waals surface area (Å²) in [4.78, 5) is 12.7. The molecule has 2 aliphatic rings. The molecule has 1 N–H and O–H groups in total. The van der Waals surface area contributed by atoms with Gasteiger partial charge in [-0.2, -0.15) is 4.31 Å². The van der Waals surface area contributed by atoms with Crippen LogP contribution in [0.2, 0.25) is 0 Å². The topological polar surface area (TPSA) is 119 Å². The van der Waals surface area contributed by atoms with Crippen LogP contribution in [0, 0.1) is 11.7 Å². The van der Waals surface area contributed by atoms with Gasteiger partial charge in [-0.05, 0) is 48.9 Å². The minimum Gasteiger partial charge on any atom is -0.455 e. The summed E-state index contributed by atoms with van der Waals surface area (Å²) in [5.41, 5.74) is 0.0722. The maximum Gasteiger partial charge on any atom is 0.243 e. The average Bonchev–Trinajstić information content (AvgIpc) is 3.17. The van der Waals surface area contributed by atoms with E-state index in [9.17, 15) is 26.0 Å². The molecule has 1 atom stereocenters. The molecule has 0 bridgehead atoms. The van der Waals surface area contributed by atoms with E-state index in [4.69, 9.17) is 9.47 Å². The van der Waals surface area contributed by atoms with E-state index in [1.54, 1.807) is 0 Å². The fourth-order valence-corrected chi connectivity index (χ4v) is 6.83. The third-order valence-corrected chi connectivity index (χ3v) is 9.12. The zero-order chi connectivity index (χ0) is 23.6. The molecule has 178 valence electrons. The standard InChI is InChI=1S/C21H23FN2O7S2/c22-16-1-3-17(4-2-16)31-20-6-5-18(33(28,29)24-8-10-30-11-9-24)13-19(20)23-21(25)15-7-12-32(26,27)14-15/h1-6,13,15H,7-12,14H2,(H,23,25). The van der Waals surface area contributed by atoms with Crippen LogP contribution in [0.25, 0.3) is 0 Å². The van der Waals surface area contributed by atoms with E-state index < -0.39 is 37.5 Å². The zero-order valence-electron chi connectivity index (χ0n) is 17.6. The Balaban J connectivity index is 1.65. The molecule has 0 aliphatic carbocycles. The second kappa shape index (κ2) is 9.37. The summed E-state index contributed by atoms with van der Waals surface area (Å²) in [7, 11) is -7.14. The highest BCUT2D eigenvalue weighted by Crippen LogP contribution is 2.34. The Kier molecular flexibility index (Phi) is 6.71. The number of hydrogen-bond donors (Lipinski definition) is 1. The number of ether oxygens (including phenoxy) is 2. The number of benzene rings is 2. The SMILES string of the molecule is O=C(Nc1cc(S(=O)(=O)N2CCOCC2)ccc1Oc1ccc(F)cc1)C1CCS(=O)(=O)C1. The fraction of sp³-hybridized carbons (Fsp3) is 0.381. The lowest BCUT2D eigenvalue weighted by Gasteiger charge is -2.26. The molecule has 1 unspecified atom stereocenters. The molecule has 0 radical (unpaired) electrons. The van der Waals surface area contributed by atoms with Gasteiger partial charge in [0.1, 0.15) is 11.6 Å². The van der Waals surface area contributed by atoms with Crippen LogP contribution in [0.5, 0.6) is 11.5 Å². The van der Waals surface area contributed by atoms with Gasteiger partial charge >= 0.3 is 0 Å². The number of amides is 1. The number of sulfonamides is 1. The number of anilines is 1. The highest BCUT2D eigenvalue weighted by molar-refractivity contribution is 7.91. The molecule has 12 heteroatoms. The van der Waals surface area contributed by atoms with Crippen LogP contribution in [0.15, 0.2) is 47.4 Å². The van der Waals surface area contributed by atoms with E-state index in [1.807, 2.05) is 0 Å². The van der Waals surface area contributed by atoms with Crippen molar-refractivity contribution >= 4 is 31.5 Å². The van der Waals surface area contributed by atoms with Crippen LogP contribution in [0.4, 0.5) is 10.1 Å².